The maximum Gasteiger partial charge on any atom is 0.251 e. The minimum atomic E-state index is -0.0379. The Morgan fingerprint density at radius 3 is 2.89 bits per heavy atom. The van der Waals surface area contributed by atoms with Crippen molar-refractivity contribution in [3.8, 4) is 0 Å². The van der Waals surface area contributed by atoms with E-state index in [1.807, 2.05) is 24.4 Å². The van der Waals surface area contributed by atoms with Gasteiger partial charge in [-0.2, -0.15) is 0 Å². The molecule has 3 N–H and O–H groups in total. The summed E-state index contributed by atoms with van der Waals surface area (Å²) in [5.74, 6) is -0.0379. The molecule has 2 rings (SSSR count). The normalized spacial score (nSPS) is 10.3. The molecule has 4 heteroatoms. The Labute approximate surface area is 111 Å². The van der Waals surface area contributed by atoms with Crippen LogP contribution in [0.3, 0.4) is 0 Å². The second-order valence-electron chi connectivity index (χ2n) is 4.16. The first-order valence-electron chi connectivity index (χ1n) is 5.83. The summed E-state index contributed by atoms with van der Waals surface area (Å²) in [6, 6.07) is 9.43. The van der Waals surface area contributed by atoms with Crippen LogP contribution in [0, 0.1) is 6.92 Å². The molecule has 0 bridgehead atoms. The van der Waals surface area contributed by atoms with Crippen LogP contribution in [-0.2, 0) is 6.42 Å². The number of amides is 1. The fraction of sp³-hybridized carbons (Fsp3) is 0.214. The number of hydrogen-bond acceptors (Lipinski definition) is 3. The van der Waals surface area contributed by atoms with Gasteiger partial charge in [0.2, 0.25) is 0 Å². The Morgan fingerprint density at radius 1 is 1.39 bits per heavy atom. The van der Waals surface area contributed by atoms with Crippen molar-refractivity contribution in [2.75, 3.05) is 12.3 Å². The molecule has 0 aliphatic heterocycles. The molecule has 1 amide bonds. The highest BCUT2D eigenvalue weighted by atomic mass is 32.1. The lowest BCUT2D eigenvalue weighted by Crippen LogP contribution is -2.26. The van der Waals surface area contributed by atoms with Gasteiger partial charge in [-0.25, -0.2) is 0 Å². The molecule has 0 saturated heterocycles. The number of aryl methyl sites for hydroxylation is 1. The summed E-state index contributed by atoms with van der Waals surface area (Å²) in [6.07, 6.45) is 0.872. The predicted octanol–water partition coefficient (Wildman–Crippen LogP) is 2.61. The average molecular weight is 260 g/mol. The van der Waals surface area contributed by atoms with Gasteiger partial charge in [-0.05, 0) is 48.6 Å². The molecule has 18 heavy (non-hydrogen) atoms. The van der Waals surface area contributed by atoms with Crippen LogP contribution in [0.2, 0.25) is 0 Å². The smallest absolute Gasteiger partial charge is 0.251 e. The molecule has 0 aliphatic carbocycles. The van der Waals surface area contributed by atoms with Gasteiger partial charge < -0.3 is 11.1 Å². The number of nitrogens with two attached hydrogens (primary N) is 1. The average Bonchev–Trinajstić information content (AvgIpc) is 2.81. The Balaban J connectivity index is 1.91. The maximum atomic E-state index is 12.0. The van der Waals surface area contributed by atoms with Crippen LogP contribution in [0.25, 0.3) is 0 Å². The first-order valence-corrected chi connectivity index (χ1v) is 6.71. The van der Waals surface area contributed by atoms with Crippen LogP contribution in [0.5, 0.6) is 0 Å². The first kappa shape index (κ1) is 12.6. The number of thiophene rings is 1. The summed E-state index contributed by atoms with van der Waals surface area (Å²) in [4.78, 5) is 13.2. The third-order valence-electron chi connectivity index (χ3n) is 2.73. The summed E-state index contributed by atoms with van der Waals surface area (Å²) in [6.45, 7) is 2.55. The number of anilines is 1. The number of carbonyl (C=O) groups is 1. The molecule has 0 atom stereocenters. The third-order valence-corrected chi connectivity index (χ3v) is 3.67. The van der Waals surface area contributed by atoms with Gasteiger partial charge in [0.25, 0.3) is 5.91 Å². The molecule has 2 aromatic rings. The predicted molar refractivity (Wildman–Crippen MR) is 75.9 cm³/mol. The summed E-state index contributed by atoms with van der Waals surface area (Å²) in [5, 5.41) is 4.97. The van der Waals surface area contributed by atoms with Crippen LogP contribution in [0.15, 0.2) is 35.7 Å². The molecule has 1 aromatic carbocycles. The van der Waals surface area contributed by atoms with Gasteiger partial charge in [0.05, 0.1) is 0 Å². The van der Waals surface area contributed by atoms with Crippen LogP contribution in [-0.4, -0.2) is 12.5 Å². The summed E-state index contributed by atoms with van der Waals surface area (Å²) in [5.41, 5.74) is 7.94. The van der Waals surface area contributed by atoms with Gasteiger partial charge in [-0.1, -0.05) is 6.07 Å². The van der Waals surface area contributed by atoms with Gasteiger partial charge in [-0.15, -0.1) is 11.3 Å². The molecule has 1 heterocycles. The van der Waals surface area contributed by atoms with Gasteiger partial charge in [-0.3, -0.25) is 4.79 Å². The lowest BCUT2D eigenvalue weighted by Gasteiger charge is -2.07. The molecule has 0 fully saturated rings. The van der Waals surface area contributed by atoms with E-state index in [0.717, 1.165) is 12.0 Å². The van der Waals surface area contributed by atoms with Crippen molar-refractivity contribution in [2.45, 2.75) is 13.3 Å². The Bertz CT molecular complexity index is 535. The number of hydrogen-bond donors (Lipinski definition) is 2. The lowest BCUT2D eigenvalue weighted by atomic mass is 10.1. The highest BCUT2D eigenvalue weighted by Crippen LogP contribution is 2.12. The van der Waals surface area contributed by atoms with Crippen molar-refractivity contribution in [3.05, 3.63) is 51.7 Å². The Morgan fingerprint density at radius 2 is 2.22 bits per heavy atom. The molecule has 94 valence electrons. The zero-order valence-electron chi connectivity index (χ0n) is 10.3. The zero-order chi connectivity index (χ0) is 13.0. The fourth-order valence-corrected chi connectivity index (χ4v) is 2.50. The molecular formula is C14H16N2OS. The van der Waals surface area contributed by atoms with E-state index in [0.29, 0.717) is 17.8 Å². The fourth-order valence-electron chi connectivity index (χ4n) is 1.79. The van der Waals surface area contributed by atoms with Crippen molar-refractivity contribution in [3.63, 3.8) is 0 Å². The number of carbonyl (C=O) groups excluding carboxylic acids is 1. The third kappa shape index (κ3) is 3.11. The van der Waals surface area contributed by atoms with E-state index in [1.165, 1.54) is 4.88 Å². The van der Waals surface area contributed by atoms with E-state index in [1.54, 1.807) is 23.5 Å². The number of benzene rings is 1. The second kappa shape index (κ2) is 5.69. The zero-order valence-corrected chi connectivity index (χ0v) is 11.1. The lowest BCUT2D eigenvalue weighted by molar-refractivity contribution is 0.0953. The molecule has 0 unspecified atom stereocenters. The molecule has 1 aromatic heterocycles. The van der Waals surface area contributed by atoms with E-state index >= 15 is 0 Å². The maximum absolute atomic E-state index is 12.0. The number of rotatable bonds is 4. The van der Waals surface area contributed by atoms with Crippen molar-refractivity contribution in [1.82, 2.24) is 5.32 Å². The van der Waals surface area contributed by atoms with Crippen LogP contribution < -0.4 is 11.1 Å². The van der Waals surface area contributed by atoms with Crippen LogP contribution in [0.1, 0.15) is 20.8 Å². The summed E-state index contributed by atoms with van der Waals surface area (Å²) >= 11 is 1.71. The monoisotopic (exact) mass is 260 g/mol. The van der Waals surface area contributed by atoms with Gasteiger partial charge >= 0.3 is 0 Å². The molecule has 0 aliphatic rings. The van der Waals surface area contributed by atoms with E-state index in [9.17, 15) is 4.79 Å². The van der Waals surface area contributed by atoms with Crippen molar-refractivity contribution >= 4 is 22.9 Å². The Kier molecular flexibility index (Phi) is 3.99. The second-order valence-corrected chi connectivity index (χ2v) is 5.19. The van der Waals surface area contributed by atoms with Gasteiger partial charge in [0.1, 0.15) is 0 Å². The quantitative estimate of drug-likeness (QED) is 0.830. The minimum absolute atomic E-state index is 0.0379. The van der Waals surface area contributed by atoms with Crippen molar-refractivity contribution in [2.24, 2.45) is 0 Å². The minimum Gasteiger partial charge on any atom is -0.399 e. The van der Waals surface area contributed by atoms with Gasteiger partial charge in [0.15, 0.2) is 0 Å². The standard InChI is InChI=1S/C14H16N2OS/c1-10-9-11(15)4-5-13(10)14(17)16-7-6-12-3-2-8-18-12/h2-5,8-9H,6-7,15H2,1H3,(H,16,17). The molecule has 0 radical (unpaired) electrons. The molecule has 0 saturated carbocycles. The molecular weight excluding hydrogens is 244 g/mol. The first-order chi connectivity index (χ1) is 8.66. The number of nitrogen functional groups attached to an aromatic ring is 1. The Hall–Kier alpha value is -1.81. The van der Waals surface area contributed by atoms with Crippen molar-refractivity contribution in [1.29, 1.82) is 0 Å². The van der Waals surface area contributed by atoms with Crippen LogP contribution >= 0.6 is 11.3 Å². The highest BCUT2D eigenvalue weighted by Gasteiger charge is 2.08. The summed E-state index contributed by atoms with van der Waals surface area (Å²) in [7, 11) is 0. The van der Waals surface area contributed by atoms with E-state index in [4.69, 9.17) is 5.73 Å². The van der Waals surface area contributed by atoms with E-state index in [2.05, 4.69) is 11.4 Å². The molecule has 3 nitrogen and oxygen atoms in total. The highest BCUT2D eigenvalue weighted by molar-refractivity contribution is 7.09. The summed E-state index contributed by atoms with van der Waals surface area (Å²) < 4.78 is 0. The topological polar surface area (TPSA) is 55.1 Å². The van der Waals surface area contributed by atoms with Gasteiger partial charge in [0, 0.05) is 22.7 Å². The van der Waals surface area contributed by atoms with E-state index in [-0.39, 0.29) is 5.91 Å². The van der Waals surface area contributed by atoms with E-state index < -0.39 is 0 Å². The largest absolute Gasteiger partial charge is 0.399 e. The SMILES string of the molecule is Cc1cc(N)ccc1C(=O)NCCc1cccs1. The molecule has 0 spiro atoms. The number of nitrogens with one attached hydrogen (secondary N) is 1. The van der Waals surface area contributed by atoms with Crippen molar-refractivity contribution < 1.29 is 4.79 Å². The van der Waals surface area contributed by atoms with Crippen LogP contribution in [0.4, 0.5) is 5.69 Å².